The lowest BCUT2D eigenvalue weighted by Gasteiger charge is -2.26. The number of aryl methyl sites for hydroxylation is 1. The van der Waals surface area contributed by atoms with E-state index in [1.807, 2.05) is 0 Å². The number of carbonyl (C=O) groups is 1. The Hall–Kier alpha value is -2.35. The second-order valence-corrected chi connectivity index (χ2v) is 5.85. The van der Waals surface area contributed by atoms with Gasteiger partial charge in [-0.1, -0.05) is 18.2 Å². The van der Waals surface area contributed by atoms with Crippen LogP contribution in [0, 0.1) is 0 Å². The highest BCUT2D eigenvalue weighted by atomic mass is 19.4. The predicted molar refractivity (Wildman–Crippen MR) is 79.1 cm³/mol. The summed E-state index contributed by atoms with van der Waals surface area (Å²) in [6.07, 6.45) is -2.46. The van der Waals surface area contributed by atoms with E-state index in [9.17, 15) is 23.1 Å². The molecule has 2 unspecified atom stereocenters. The average Bonchev–Trinajstić information content (AvgIpc) is 3.12. The van der Waals surface area contributed by atoms with Crippen LogP contribution >= 0.6 is 0 Å². The molecule has 8 heteroatoms. The van der Waals surface area contributed by atoms with Crippen LogP contribution in [0.5, 0.6) is 0 Å². The first-order chi connectivity index (χ1) is 11.3. The first kappa shape index (κ1) is 16.5. The number of hydrogen-bond acceptors (Lipinski definition) is 3. The number of alkyl halides is 3. The monoisotopic (exact) mass is 339 g/mol. The highest BCUT2D eigenvalue weighted by molar-refractivity contribution is 5.94. The number of nitrogens with zero attached hydrogens (tertiary/aromatic N) is 3. The molecule has 1 N–H and O–H groups in total. The molecule has 0 spiro atoms. The van der Waals surface area contributed by atoms with Gasteiger partial charge in [0, 0.05) is 19.8 Å². The second-order valence-electron chi connectivity index (χ2n) is 5.85. The molecular weight excluding hydrogens is 323 g/mol. The third-order valence-electron chi connectivity index (χ3n) is 4.12. The quantitative estimate of drug-likeness (QED) is 0.914. The molecule has 24 heavy (non-hydrogen) atoms. The average molecular weight is 339 g/mol. The normalized spacial score (nSPS) is 21.3. The molecule has 5 nitrogen and oxygen atoms in total. The number of rotatable bonds is 2. The standard InChI is InChI=1S/C16H16F3N3O2/c1-21-8-10(7-20-21)15(24)22-9-11(23)6-14(22)12-4-2-3-5-13(12)16(17,18)19/h2-5,7-8,11,14,23H,6,9H2,1H3. The van der Waals surface area contributed by atoms with Gasteiger partial charge in [-0.05, 0) is 18.1 Å². The number of halogens is 3. The molecule has 1 aliphatic rings. The van der Waals surface area contributed by atoms with Crippen LogP contribution < -0.4 is 0 Å². The van der Waals surface area contributed by atoms with Crippen LogP contribution in [0.1, 0.15) is 33.9 Å². The molecule has 0 radical (unpaired) electrons. The van der Waals surface area contributed by atoms with E-state index in [1.165, 1.54) is 40.2 Å². The van der Waals surface area contributed by atoms with Gasteiger partial charge in [-0.15, -0.1) is 0 Å². The molecule has 2 atom stereocenters. The number of carbonyl (C=O) groups excluding carboxylic acids is 1. The third kappa shape index (κ3) is 3.01. The molecule has 1 amide bonds. The molecule has 0 bridgehead atoms. The van der Waals surface area contributed by atoms with Crippen molar-refractivity contribution in [3.05, 3.63) is 53.3 Å². The Morgan fingerprint density at radius 2 is 2.04 bits per heavy atom. The van der Waals surface area contributed by atoms with Crippen molar-refractivity contribution in [3.8, 4) is 0 Å². The Kier molecular flexibility index (Phi) is 4.08. The minimum absolute atomic E-state index is 0.00112. The van der Waals surface area contributed by atoms with Crippen molar-refractivity contribution in [2.75, 3.05) is 6.54 Å². The summed E-state index contributed by atoms with van der Waals surface area (Å²) in [5.41, 5.74) is -0.507. The molecule has 3 rings (SSSR count). The maximum absolute atomic E-state index is 13.3. The van der Waals surface area contributed by atoms with Crippen molar-refractivity contribution in [2.24, 2.45) is 7.05 Å². The number of aliphatic hydroxyl groups excluding tert-OH is 1. The fraction of sp³-hybridized carbons (Fsp3) is 0.375. The van der Waals surface area contributed by atoms with Gasteiger partial charge in [-0.25, -0.2) is 0 Å². The Morgan fingerprint density at radius 1 is 1.33 bits per heavy atom. The lowest BCUT2D eigenvalue weighted by molar-refractivity contribution is -0.138. The summed E-state index contributed by atoms with van der Waals surface area (Å²) in [6, 6.07) is 4.33. The van der Waals surface area contributed by atoms with Gasteiger partial charge in [0.05, 0.1) is 29.5 Å². The first-order valence-electron chi connectivity index (χ1n) is 7.41. The number of aromatic nitrogens is 2. The van der Waals surface area contributed by atoms with E-state index in [-0.39, 0.29) is 24.1 Å². The summed E-state index contributed by atoms with van der Waals surface area (Å²) >= 11 is 0. The molecule has 0 aliphatic carbocycles. The molecule has 0 saturated carbocycles. The van der Waals surface area contributed by atoms with Crippen molar-refractivity contribution in [1.82, 2.24) is 14.7 Å². The zero-order chi connectivity index (χ0) is 17.5. The Bertz CT molecular complexity index is 757. The van der Waals surface area contributed by atoms with E-state index in [0.29, 0.717) is 0 Å². The van der Waals surface area contributed by atoms with Crippen LogP contribution in [0.3, 0.4) is 0 Å². The molecular formula is C16H16F3N3O2. The first-order valence-corrected chi connectivity index (χ1v) is 7.41. The van der Waals surface area contributed by atoms with Crippen LogP contribution in [-0.4, -0.2) is 38.3 Å². The highest BCUT2D eigenvalue weighted by Gasteiger charge is 2.41. The van der Waals surface area contributed by atoms with Crippen LogP contribution in [0.2, 0.25) is 0 Å². The Morgan fingerprint density at radius 3 is 2.67 bits per heavy atom. The topological polar surface area (TPSA) is 58.4 Å². The number of β-amino-alcohol motifs (C(OH)–C–C–N with tert-alkyl or cyclic N) is 1. The SMILES string of the molecule is Cn1cc(C(=O)N2CC(O)CC2c2ccccc2C(F)(F)F)cn1. The van der Waals surface area contributed by atoms with E-state index < -0.39 is 29.8 Å². The van der Waals surface area contributed by atoms with Crippen molar-refractivity contribution in [2.45, 2.75) is 24.7 Å². The number of hydrogen-bond donors (Lipinski definition) is 1. The lowest BCUT2D eigenvalue weighted by atomic mass is 9.97. The van der Waals surface area contributed by atoms with Gasteiger partial charge in [-0.2, -0.15) is 18.3 Å². The van der Waals surface area contributed by atoms with Gasteiger partial charge in [0.2, 0.25) is 0 Å². The largest absolute Gasteiger partial charge is 0.416 e. The zero-order valence-corrected chi connectivity index (χ0v) is 12.9. The summed E-state index contributed by atoms with van der Waals surface area (Å²) in [5.74, 6) is -0.443. The van der Waals surface area contributed by atoms with Gasteiger partial charge >= 0.3 is 6.18 Å². The van der Waals surface area contributed by atoms with Gasteiger partial charge in [-0.3, -0.25) is 9.48 Å². The molecule has 1 aliphatic heterocycles. The number of likely N-dealkylation sites (tertiary alicyclic amines) is 1. The maximum atomic E-state index is 13.3. The number of benzene rings is 1. The van der Waals surface area contributed by atoms with E-state index in [2.05, 4.69) is 5.10 Å². The maximum Gasteiger partial charge on any atom is 0.416 e. The number of aliphatic hydroxyl groups is 1. The van der Waals surface area contributed by atoms with Gasteiger partial charge in [0.1, 0.15) is 0 Å². The van der Waals surface area contributed by atoms with E-state index in [0.717, 1.165) is 6.07 Å². The Balaban J connectivity index is 1.99. The second kappa shape index (κ2) is 5.94. The molecule has 1 fully saturated rings. The summed E-state index contributed by atoms with van der Waals surface area (Å²) in [7, 11) is 1.64. The minimum Gasteiger partial charge on any atom is -0.391 e. The fourth-order valence-electron chi connectivity index (χ4n) is 3.08. The Labute approximate surface area is 136 Å². The van der Waals surface area contributed by atoms with E-state index >= 15 is 0 Å². The number of amides is 1. The summed E-state index contributed by atoms with van der Waals surface area (Å²) < 4.78 is 41.3. The van der Waals surface area contributed by atoms with Crippen LogP contribution in [0.15, 0.2) is 36.7 Å². The van der Waals surface area contributed by atoms with Gasteiger partial charge < -0.3 is 10.0 Å². The van der Waals surface area contributed by atoms with Gasteiger partial charge in [0.15, 0.2) is 0 Å². The smallest absolute Gasteiger partial charge is 0.391 e. The summed E-state index contributed by atoms with van der Waals surface area (Å²) in [6.45, 7) is -0.00934. The van der Waals surface area contributed by atoms with Crippen molar-refractivity contribution in [3.63, 3.8) is 0 Å². The third-order valence-corrected chi connectivity index (χ3v) is 4.12. The van der Waals surface area contributed by atoms with Crippen LogP contribution in [0.25, 0.3) is 0 Å². The lowest BCUT2D eigenvalue weighted by Crippen LogP contribution is -2.32. The molecule has 128 valence electrons. The van der Waals surface area contributed by atoms with E-state index in [4.69, 9.17) is 0 Å². The molecule has 1 aromatic heterocycles. The van der Waals surface area contributed by atoms with E-state index in [1.54, 1.807) is 7.05 Å². The summed E-state index contributed by atoms with van der Waals surface area (Å²) in [5, 5.41) is 13.8. The van der Waals surface area contributed by atoms with Crippen LogP contribution in [0.4, 0.5) is 13.2 Å². The molecule has 1 saturated heterocycles. The van der Waals surface area contributed by atoms with Crippen LogP contribution in [-0.2, 0) is 13.2 Å². The fourth-order valence-corrected chi connectivity index (χ4v) is 3.08. The van der Waals surface area contributed by atoms with Gasteiger partial charge in [0.25, 0.3) is 5.91 Å². The minimum atomic E-state index is -4.52. The summed E-state index contributed by atoms with van der Waals surface area (Å²) in [4.78, 5) is 13.9. The van der Waals surface area contributed by atoms with Crippen molar-refractivity contribution >= 4 is 5.91 Å². The highest BCUT2D eigenvalue weighted by Crippen LogP contribution is 2.40. The van der Waals surface area contributed by atoms with Crippen molar-refractivity contribution < 1.29 is 23.1 Å². The molecule has 1 aromatic carbocycles. The van der Waals surface area contributed by atoms with Crippen molar-refractivity contribution in [1.29, 1.82) is 0 Å². The zero-order valence-electron chi connectivity index (χ0n) is 12.9. The molecule has 2 aromatic rings. The molecule has 2 heterocycles. The predicted octanol–water partition coefficient (Wildman–Crippen LogP) is 2.39.